The molecular formula is C9H13N3O2. The smallest absolute Gasteiger partial charge is 0.240 e. The Labute approximate surface area is 81.3 Å². The van der Waals surface area contributed by atoms with E-state index in [0.29, 0.717) is 6.42 Å². The molecule has 76 valence electrons. The Hall–Kier alpha value is -1.78. The van der Waals surface area contributed by atoms with Crippen LogP contribution in [0.15, 0.2) is 23.3 Å². The summed E-state index contributed by atoms with van der Waals surface area (Å²) in [6.07, 6.45) is 3.51. The van der Waals surface area contributed by atoms with Crippen LogP contribution in [0.25, 0.3) is 0 Å². The molecule has 0 spiro atoms. The predicted octanol–water partition coefficient (Wildman–Crippen LogP) is -0.133. The third kappa shape index (κ3) is 1.93. The average molecular weight is 195 g/mol. The van der Waals surface area contributed by atoms with Crippen LogP contribution in [0.5, 0.6) is 0 Å². The zero-order valence-corrected chi connectivity index (χ0v) is 7.93. The van der Waals surface area contributed by atoms with Crippen LogP contribution in [0.3, 0.4) is 0 Å². The average Bonchev–Trinajstić information content (AvgIpc) is 2.11. The van der Waals surface area contributed by atoms with Gasteiger partial charge in [0.2, 0.25) is 11.3 Å². The van der Waals surface area contributed by atoms with E-state index in [9.17, 15) is 9.59 Å². The maximum Gasteiger partial charge on any atom is 0.240 e. The number of nitrogens with two attached hydrogens (primary N) is 2. The molecule has 0 aliphatic carbocycles. The number of primary amides is 1. The van der Waals surface area contributed by atoms with E-state index < -0.39 is 11.9 Å². The Kier molecular flexibility index (Phi) is 2.91. The Morgan fingerprint density at radius 1 is 1.64 bits per heavy atom. The minimum Gasteiger partial charge on any atom is -0.394 e. The maximum absolute atomic E-state index is 11.0. The fourth-order valence-electron chi connectivity index (χ4n) is 1.27. The van der Waals surface area contributed by atoms with Gasteiger partial charge >= 0.3 is 0 Å². The fourth-order valence-corrected chi connectivity index (χ4v) is 1.27. The number of hydrogen-bond donors (Lipinski definition) is 2. The molecule has 1 unspecified atom stereocenters. The minimum absolute atomic E-state index is 0.118. The van der Waals surface area contributed by atoms with Crippen LogP contribution < -0.4 is 16.9 Å². The second kappa shape index (κ2) is 3.95. The van der Waals surface area contributed by atoms with Gasteiger partial charge in [-0.25, -0.2) is 0 Å². The second-order valence-electron chi connectivity index (χ2n) is 3.04. The van der Waals surface area contributed by atoms with Gasteiger partial charge in [0.05, 0.1) is 5.69 Å². The summed E-state index contributed by atoms with van der Waals surface area (Å²) in [7, 11) is 0. The van der Waals surface area contributed by atoms with Crippen molar-refractivity contribution in [2.24, 2.45) is 5.73 Å². The molecule has 0 bridgehead atoms. The van der Waals surface area contributed by atoms with Gasteiger partial charge in [-0.05, 0) is 6.42 Å². The van der Waals surface area contributed by atoms with Crippen molar-refractivity contribution in [3.63, 3.8) is 0 Å². The van der Waals surface area contributed by atoms with Gasteiger partial charge in [-0.15, -0.1) is 0 Å². The summed E-state index contributed by atoms with van der Waals surface area (Å²) in [6.45, 7) is 1.84. The lowest BCUT2D eigenvalue weighted by Gasteiger charge is -2.15. The topological polar surface area (TPSA) is 91.1 Å². The zero-order valence-electron chi connectivity index (χ0n) is 7.93. The monoisotopic (exact) mass is 195 g/mol. The first-order valence-corrected chi connectivity index (χ1v) is 4.32. The molecule has 14 heavy (non-hydrogen) atoms. The summed E-state index contributed by atoms with van der Waals surface area (Å²) >= 11 is 0. The van der Waals surface area contributed by atoms with Crippen LogP contribution >= 0.6 is 0 Å². The standard InChI is InChI=1S/C9H13N3O2/c1-2-7(9(11)14)12-4-3-8(13)6(10)5-12/h3-5,7H,2,10H2,1H3,(H2,11,14). The van der Waals surface area contributed by atoms with Crippen LogP contribution in [-0.4, -0.2) is 10.5 Å². The largest absolute Gasteiger partial charge is 0.394 e. The Morgan fingerprint density at radius 3 is 2.71 bits per heavy atom. The van der Waals surface area contributed by atoms with E-state index in [1.165, 1.54) is 18.5 Å². The number of carbonyl (C=O) groups excluding carboxylic acids is 1. The van der Waals surface area contributed by atoms with Gasteiger partial charge in [-0.1, -0.05) is 6.92 Å². The lowest BCUT2D eigenvalue weighted by Crippen LogP contribution is -2.27. The van der Waals surface area contributed by atoms with Crippen molar-refractivity contribution in [3.8, 4) is 0 Å². The van der Waals surface area contributed by atoms with E-state index in [2.05, 4.69) is 0 Å². The lowest BCUT2D eigenvalue weighted by atomic mass is 10.2. The van der Waals surface area contributed by atoms with Crippen molar-refractivity contribution in [3.05, 3.63) is 28.7 Å². The number of aromatic nitrogens is 1. The van der Waals surface area contributed by atoms with Crippen molar-refractivity contribution in [2.45, 2.75) is 19.4 Å². The van der Waals surface area contributed by atoms with Crippen molar-refractivity contribution >= 4 is 11.6 Å². The number of anilines is 1. The molecular weight excluding hydrogens is 182 g/mol. The van der Waals surface area contributed by atoms with Crippen molar-refractivity contribution in [1.82, 2.24) is 4.57 Å². The van der Waals surface area contributed by atoms with Gasteiger partial charge in [0, 0.05) is 18.5 Å². The van der Waals surface area contributed by atoms with Crippen LogP contribution in [0.1, 0.15) is 19.4 Å². The molecule has 5 nitrogen and oxygen atoms in total. The SMILES string of the molecule is CCC(C(N)=O)n1ccc(=O)c(N)c1. The van der Waals surface area contributed by atoms with Crippen molar-refractivity contribution in [2.75, 3.05) is 5.73 Å². The van der Waals surface area contributed by atoms with E-state index >= 15 is 0 Å². The van der Waals surface area contributed by atoms with Gasteiger partial charge in [-0.2, -0.15) is 0 Å². The molecule has 5 heteroatoms. The third-order valence-corrected chi connectivity index (χ3v) is 2.05. The first kappa shape index (κ1) is 10.3. The van der Waals surface area contributed by atoms with E-state index in [1.807, 2.05) is 6.92 Å². The van der Waals surface area contributed by atoms with Gasteiger partial charge in [-0.3, -0.25) is 9.59 Å². The molecule has 1 amide bonds. The Bertz CT molecular complexity index is 397. The normalized spacial score (nSPS) is 12.4. The fraction of sp³-hybridized carbons (Fsp3) is 0.333. The summed E-state index contributed by atoms with van der Waals surface area (Å²) in [6, 6.07) is 0.874. The van der Waals surface area contributed by atoms with Gasteiger partial charge < -0.3 is 16.0 Å². The number of rotatable bonds is 3. The summed E-state index contributed by atoms with van der Waals surface area (Å²) in [5, 5.41) is 0. The number of amides is 1. The second-order valence-corrected chi connectivity index (χ2v) is 3.04. The molecule has 0 aromatic carbocycles. The molecule has 4 N–H and O–H groups in total. The third-order valence-electron chi connectivity index (χ3n) is 2.05. The van der Waals surface area contributed by atoms with E-state index in [0.717, 1.165) is 0 Å². The molecule has 1 aromatic heterocycles. The first-order valence-electron chi connectivity index (χ1n) is 4.32. The van der Waals surface area contributed by atoms with Gasteiger partial charge in [0.1, 0.15) is 6.04 Å². The summed E-state index contributed by atoms with van der Waals surface area (Å²) in [5.41, 5.74) is 10.5. The highest BCUT2D eigenvalue weighted by Crippen LogP contribution is 2.10. The molecule has 0 fully saturated rings. The summed E-state index contributed by atoms with van der Waals surface area (Å²) < 4.78 is 1.55. The molecule has 1 rings (SSSR count). The van der Waals surface area contributed by atoms with Gasteiger partial charge in [0.25, 0.3) is 0 Å². The Balaban J connectivity index is 3.12. The molecule has 0 aliphatic rings. The highest BCUT2D eigenvalue weighted by Gasteiger charge is 2.13. The van der Waals surface area contributed by atoms with Crippen molar-refractivity contribution in [1.29, 1.82) is 0 Å². The lowest BCUT2D eigenvalue weighted by molar-refractivity contribution is -0.121. The Morgan fingerprint density at radius 2 is 2.29 bits per heavy atom. The molecule has 1 atom stereocenters. The maximum atomic E-state index is 11.0. The molecule has 0 aliphatic heterocycles. The number of pyridine rings is 1. The van der Waals surface area contributed by atoms with Crippen LogP contribution in [0.2, 0.25) is 0 Å². The van der Waals surface area contributed by atoms with Crippen molar-refractivity contribution < 1.29 is 4.79 Å². The molecule has 1 aromatic rings. The highest BCUT2D eigenvalue weighted by atomic mass is 16.1. The minimum atomic E-state index is -0.446. The molecule has 0 saturated heterocycles. The number of nitrogen functional groups attached to an aromatic ring is 1. The molecule has 1 heterocycles. The highest BCUT2D eigenvalue weighted by molar-refractivity contribution is 5.78. The first-order chi connectivity index (χ1) is 6.56. The van der Waals surface area contributed by atoms with Crippen LogP contribution in [0, 0.1) is 0 Å². The molecule has 0 saturated carbocycles. The number of hydrogen-bond acceptors (Lipinski definition) is 3. The van der Waals surface area contributed by atoms with E-state index in [1.54, 1.807) is 4.57 Å². The molecule has 0 radical (unpaired) electrons. The quantitative estimate of drug-likeness (QED) is 0.703. The van der Waals surface area contributed by atoms with Crippen LogP contribution in [-0.2, 0) is 4.79 Å². The van der Waals surface area contributed by atoms with E-state index in [-0.39, 0.29) is 11.1 Å². The summed E-state index contributed by atoms with van der Waals surface area (Å²) in [4.78, 5) is 22.0. The van der Waals surface area contributed by atoms with E-state index in [4.69, 9.17) is 11.5 Å². The van der Waals surface area contributed by atoms with Gasteiger partial charge in [0.15, 0.2) is 0 Å². The number of nitrogens with zero attached hydrogens (tertiary/aromatic N) is 1. The zero-order chi connectivity index (χ0) is 10.7. The summed E-state index contributed by atoms with van der Waals surface area (Å²) in [5.74, 6) is -0.435. The predicted molar refractivity (Wildman–Crippen MR) is 53.6 cm³/mol. The van der Waals surface area contributed by atoms with Crippen LogP contribution in [0.4, 0.5) is 5.69 Å². The number of carbonyl (C=O) groups is 1.